The number of hydrogen-bond donors (Lipinski definition) is 1. The van der Waals surface area contributed by atoms with Gasteiger partial charge in [0.1, 0.15) is 0 Å². The summed E-state index contributed by atoms with van der Waals surface area (Å²) >= 11 is 0. The highest BCUT2D eigenvalue weighted by Crippen LogP contribution is 1.98. The van der Waals surface area contributed by atoms with E-state index in [0.717, 1.165) is 6.42 Å². The largest absolute Gasteiger partial charge is 0.380 e. The molecule has 0 atom stereocenters. The third kappa shape index (κ3) is 9.66. The van der Waals surface area contributed by atoms with Crippen molar-refractivity contribution in [3.63, 3.8) is 0 Å². The Balaban J connectivity index is 3.44. The van der Waals surface area contributed by atoms with Crippen LogP contribution in [0.15, 0.2) is 0 Å². The van der Waals surface area contributed by atoms with E-state index in [9.17, 15) is 8.42 Å². The number of sulfonamides is 1. The van der Waals surface area contributed by atoms with Gasteiger partial charge in [-0.25, -0.2) is 13.1 Å². The van der Waals surface area contributed by atoms with Crippen LogP contribution in [-0.2, 0) is 14.8 Å². The van der Waals surface area contributed by atoms with Crippen LogP contribution in [0.5, 0.6) is 0 Å². The van der Waals surface area contributed by atoms with Crippen molar-refractivity contribution in [1.29, 1.82) is 5.26 Å². The quantitative estimate of drug-likeness (QED) is 0.620. The Bertz CT molecular complexity index is 293. The normalized spacial score (nSPS) is 11.6. The molecule has 0 spiro atoms. The minimum atomic E-state index is -3.43. The number of ether oxygens (including phenoxy) is 1. The second-order valence-corrected chi connectivity index (χ2v) is 5.41. The fourth-order valence-electron chi connectivity index (χ4n) is 0.826. The topological polar surface area (TPSA) is 79.2 Å². The van der Waals surface area contributed by atoms with Crippen molar-refractivity contribution in [2.45, 2.75) is 20.3 Å². The van der Waals surface area contributed by atoms with Crippen LogP contribution >= 0.6 is 0 Å². The molecule has 0 bridgehead atoms. The SMILES string of the molecule is CC(C)CCOCCNS(=O)(=O)CC#N. The first kappa shape index (κ1) is 14.4. The zero-order chi connectivity index (χ0) is 11.7. The van der Waals surface area contributed by atoms with Crippen molar-refractivity contribution in [2.24, 2.45) is 5.92 Å². The number of nitrogens with zero attached hydrogens (tertiary/aromatic N) is 1. The van der Waals surface area contributed by atoms with E-state index in [1.807, 2.05) is 0 Å². The van der Waals surface area contributed by atoms with E-state index in [1.54, 1.807) is 6.07 Å². The molecule has 0 unspecified atom stereocenters. The first-order valence-electron chi connectivity index (χ1n) is 4.90. The highest BCUT2D eigenvalue weighted by atomic mass is 32.2. The van der Waals surface area contributed by atoms with Crippen molar-refractivity contribution in [3.05, 3.63) is 0 Å². The Morgan fingerprint density at radius 3 is 2.60 bits per heavy atom. The van der Waals surface area contributed by atoms with Gasteiger partial charge >= 0.3 is 0 Å². The summed E-state index contributed by atoms with van der Waals surface area (Å²) in [6, 6.07) is 1.58. The molecule has 0 saturated heterocycles. The van der Waals surface area contributed by atoms with Gasteiger partial charge in [-0.3, -0.25) is 0 Å². The molecule has 0 aromatic carbocycles. The average molecular weight is 234 g/mol. The molecule has 15 heavy (non-hydrogen) atoms. The second-order valence-electron chi connectivity index (χ2n) is 3.61. The lowest BCUT2D eigenvalue weighted by atomic mass is 10.1. The maximum Gasteiger partial charge on any atom is 0.225 e. The molecule has 0 amide bonds. The average Bonchev–Trinajstić information content (AvgIpc) is 2.10. The van der Waals surface area contributed by atoms with Gasteiger partial charge in [0.2, 0.25) is 10.0 Å². The minimum Gasteiger partial charge on any atom is -0.380 e. The molecule has 0 heterocycles. The Morgan fingerprint density at radius 1 is 1.40 bits per heavy atom. The van der Waals surface area contributed by atoms with Crippen molar-refractivity contribution >= 4 is 10.0 Å². The van der Waals surface area contributed by atoms with Crippen LogP contribution in [0.1, 0.15) is 20.3 Å². The monoisotopic (exact) mass is 234 g/mol. The van der Waals surface area contributed by atoms with Gasteiger partial charge in [-0.2, -0.15) is 5.26 Å². The van der Waals surface area contributed by atoms with E-state index in [0.29, 0.717) is 19.1 Å². The predicted octanol–water partition coefficient (Wildman–Crippen LogP) is 0.492. The third-order valence-electron chi connectivity index (χ3n) is 1.66. The molecule has 0 radical (unpaired) electrons. The van der Waals surface area contributed by atoms with E-state index < -0.39 is 15.8 Å². The van der Waals surface area contributed by atoms with Crippen LogP contribution in [0.3, 0.4) is 0 Å². The molecule has 6 heteroatoms. The molecule has 0 aliphatic rings. The van der Waals surface area contributed by atoms with Gasteiger partial charge in [0.25, 0.3) is 0 Å². The standard InChI is InChI=1S/C9H18N2O3S/c1-9(2)3-6-14-7-5-11-15(12,13)8-4-10/h9,11H,3,5-8H2,1-2H3. The lowest BCUT2D eigenvalue weighted by molar-refractivity contribution is 0.128. The summed E-state index contributed by atoms with van der Waals surface area (Å²) in [5.41, 5.74) is 0. The number of hydrogen-bond acceptors (Lipinski definition) is 4. The summed E-state index contributed by atoms with van der Waals surface area (Å²) in [5.74, 6) is 0.0826. The number of nitriles is 1. The minimum absolute atomic E-state index is 0.224. The molecule has 0 fully saturated rings. The molecule has 0 aromatic rings. The van der Waals surface area contributed by atoms with Gasteiger partial charge < -0.3 is 4.74 Å². The van der Waals surface area contributed by atoms with Crippen LogP contribution in [0.25, 0.3) is 0 Å². The van der Waals surface area contributed by atoms with Gasteiger partial charge in [-0.1, -0.05) is 13.8 Å². The van der Waals surface area contributed by atoms with Gasteiger partial charge in [-0.05, 0) is 12.3 Å². The first-order valence-corrected chi connectivity index (χ1v) is 6.55. The second kappa shape index (κ2) is 7.63. The fourth-order valence-corrected chi connectivity index (χ4v) is 1.49. The molecule has 5 nitrogen and oxygen atoms in total. The molecule has 0 saturated carbocycles. The lowest BCUT2D eigenvalue weighted by Gasteiger charge is -2.06. The maximum atomic E-state index is 11.0. The van der Waals surface area contributed by atoms with Crippen molar-refractivity contribution in [1.82, 2.24) is 4.72 Å². The Kier molecular flexibility index (Phi) is 7.30. The molecular weight excluding hydrogens is 216 g/mol. The zero-order valence-corrected chi connectivity index (χ0v) is 10.0. The van der Waals surface area contributed by atoms with E-state index >= 15 is 0 Å². The Hall–Kier alpha value is -0.640. The van der Waals surface area contributed by atoms with Crippen molar-refractivity contribution in [2.75, 3.05) is 25.5 Å². The van der Waals surface area contributed by atoms with Crippen LogP contribution in [-0.4, -0.2) is 33.9 Å². The molecule has 0 aliphatic carbocycles. The lowest BCUT2D eigenvalue weighted by Crippen LogP contribution is -2.29. The van der Waals surface area contributed by atoms with E-state index in [4.69, 9.17) is 10.00 Å². The molecule has 0 aromatic heterocycles. The summed E-state index contributed by atoms with van der Waals surface area (Å²) < 4.78 is 29.4. The van der Waals surface area contributed by atoms with Crippen molar-refractivity contribution < 1.29 is 13.2 Å². The van der Waals surface area contributed by atoms with Crippen LogP contribution in [0.4, 0.5) is 0 Å². The van der Waals surface area contributed by atoms with Gasteiger partial charge in [0, 0.05) is 13.2 Å². The summed E-state index contributed by atoms with van der Waals surface area (Å²) in [4.78, 5) is 0. The Morgan fingerprint density at radius 2 is 2.07 bits per heavy atom. The highest BCUT2D eigenvalue weighted by Gasteiger charge is 2.07. The van der Waals surface area contributed by atoms with Gasteiger partial charge in [0.05, 0.1) is 12.7 Å². The van der Waals surface area contributed by atoms with Gasteiger partial charge in [0.15, 0.2) is 5.75 Å². The fraction of sp³-hybridized carbons (Fsp3) is 0.889. The van der Waals surface area contributed by atoms with Crippen LogP contribution in [0.2, 0.25) is 0 Å². The van der Waals surface area contributed by atoms with Crippen LogP contribution < -0.4 is 4.72 Å². The summed E-state index contributed by atoms with van der Waals surface area (Å²) in [5, 5.41) is 8.20. The third-order valence-corrected chi connectivity index (χ3v) is 2.82. The molecule has 1 N–H and O–H groups in total. The Labute approximate surface area is 91.5 Å². The van der Waals surface area contributed by atoms with E-state index in [-0.39, 0.29) is 6.54 Å². The summed E-state index contributed by atoms with van der Waals surface area (Å²) in [6.07, 6.45) is 0.963. The molecule has 0 rings (SSSR count). The van der Waals surface area contributed by atoms with E-state index in [2.05, 4.69) is 18.6 Å². The van der Waals surface area contributed by atoms with E-state index in [1.165, 1.54) is 0 Å². The maximum absolute atomic E-state index is 11.0. The molecule has 0 aliphatic heterocycles. The first-order chi connectivity index (χ1) is 6.98. The smallest absolute Gasteiger partial charge is 0.225 e. The highest BCUT2D eigenvalue weighted by molar-refractivity contribution is 7.89. The number of rotatable bonds is 8. The van der Waals surface area contributed by atoms with Crippen molar-refractivity contribution in [3.8, 4) is 6.07 Å². The summed E-state index contributed by atoms with van der Waals surface area (Å²) in [7, 11) is -3.43. The summed E-state index contributed by atoms with van der Waals surface area (Å²) in [6.45, 7) is 5.40. The number of nitrogens with one attached hydrogen (secondary N) is 1. The van der Waals surface area contributed by atoms with Crippen LogP contribution in [0, 0.1) is 17.2 Å². The molecular formula is C9H18N2O3S. The predicted molar refractivity (Wildman–Crippen MR) is 57.7 cm³/mol. The van der Waals surface area contributed by atoms with Gasteiger partial charge in [-0.15, -0.1) is 0 Å². The zero-order valence-electron chi connectivity index (χ0n) is 9.19. The molecule has 88 valence electrons.